The minimum atomic E-state index is -0.110. The molecule has 28 heavy (non-hydrogen) atoms. The average molecular weight is 377 g/mol. The van der Waals surface area contributed by atoms with Crippen molar-refractivity contribution in [3.63, 3.8) is 0 Å². The van der Waals surface area contributed by atoms with Crippen molar-refractivity contribution in [2.75, 3.05) is 6.79 Å². The van der Waals surface area contributed by atoms with Crippen LogP contribution in [0, 0.1) is 6.92 Å². The molecule has 1 aromatic heterocycles. The number of fused-ring (bicyclic) bond motifs is 1. The van der Waals surface area contributed by atoms with Crippen LogP contribution in [0.2, 0.25) is 0 Å². The number of aryl methyl sites for hydroxylation is 2. The van der Waals surface area contributed by atoms with Gasteiger partial charge in [0.25, 0.3) is 5.91 Å². The van der Waals surface area contributed by atoms with Gasteiger partial charge in [-0.15, -0.1) is 0 Å². The predicted molar refractivity (Wildman–Crippen MR) is 105 cm³/mol. The van der Waals surface area contributed by atoms with Crippen molar-refractivity contribution in [1.82, 2.24) is 14.7 Å². The molecule has 1 atom stereocenters. The molecular weight excluding hydrogens is 354 g/mol. The van der Waals surface area contributed by atoms with Crippen molar-refractivity contribution in [2.45, 2.75) is 26.4 Å². The topological polar surface area (TPSA) is 56.6 Å². The molecule has 2 aromatic carbocycles. The smallest absolute Gasteiger partial charge is 0.275 e. The number of ether oxygens (including phenoxy) is 2. The monoisotopic (exact) mass is 377 g/mol. The molecule has 6 nitrogen and oxygen atoms in total. The van der Waals surface area contributed by atoms with Crippen LogP contribution >= 0.6 is 0 Å². The molecular formula is C22H23N3O3. The number of carbonyl (C=O) groups is 1. The molecule has 0 unspecified atom stereocenters. The van der Waals surface area contributed by atoms with Gasteiger partial charge in [0.1, 0.15) is 0 Å². The zero-order valence-corrected chi connectivity index (χ0v) is 16.3. The van der Waals surface area contributed by atoms with Crippen molar-refractivity contribution in [3.8, 4) is 11.5 Å². The van der Waals surface area contributed by atoms with E-state index in [2.05, 4.69) is 5.10 Å². The lowest BCUT2D eigenvalue weighted by Gasteiger charge is -2.29. The second kappa shape index (κ2) is 7.38. The Morgan fingerprint density at radius 2 is 1.89 bits per heavy atom. The van der Waals surface area contributed by atoms with Crippen LogP contribution in [0.5, 0.6) is 11.5 Å². The minimum absolute atomic E-state index is 0.0993. The van der Waals surface area contributed by atoms with E-state index in [-0.39, 0.29) is 18.7 Å². The Morgan fingerprint density at radius 1 is 1.14 bits per heavy atom. The molecule has 0 aliphatic carbocycles. The molecule has 0 fully saturated rings. The van der Waals surface area contributed by atoms with Crippen molar-refractivity contribution in [1.29, 1.82) is 0 Å². The first-order chi connectivity index (χ1) is 13.5. The summed E-state index contributed by atoms with van der Waals surface area (Å²) < 4.78 is 12.6. The lowest BCUT2D eigenvalue weighted by molar-refractivity contribution is 0.0667. The first kappa shape index (κ1) is 18.1. The summed E-state index contributed by atoms with van der Waals surface area (Å²) in [4.78, 5) is 15.2. The molecule has 144 valence electrons. The fourth-order valence-corrected chi connectivity index (χ4v) is 3.34. The molecule has 0 radical (unpaired) electrons. The van der Waals surface area contributed by atoms with E-state index in [0.717, 1.165) is 22.6 Å². The molecule has 6 heteroatoms. The van der Waals surface area contributed by atoms with Gasteiger partial charge in [0, 0.05) is 19.3 Å². The van der Waals surface area contributed by atoms with Gasteiger partial charge in [-0.3, -0.25) is 9.48 Å². The second-order valence-electron chi connectivity index (χ2n) is 7.00. The summed E-state index contributed by atoms with van der Waals surface area (Å²) in [5, 5.41) is 4.39. The quantitative estimate of drug-likeness (QED) is 0.677. The second-order valence-corrected chi connectivity index (χ2v) is 7.00. The van der Waals surface area contributed by atoms with Crippen LogP contribution in [0.25, 0.3) is 0 Å². The van der Waals surface area contributed by atoms with Gasteiger partial charge in [-0.25, -0.2) is 0 Å². The van der Waals surface area contributed by atoms with Crippen molar-refractivity contribution < 1.29 is 14.3 Å². The first-order valence-corrected chi connectivity index (χ1v) is 9.28. The van der Waals surface area contributed by atoms with Crippen LogP contribution in [0.15, 0.2) is 54.6 Å². The van der Waals surface area contributed by atoms with Gasteiger partial charge in [-0.05, 0) is 43.2 Å². The number of benzene rings is 2. The Hall–Kier alpha value is -3.28. The zero-order chi connectivity index (χ0) is 19.7. The molecule has 1 aliphatic rings. The molecule has 0 bridgehead atoms. The van der Waals surface area contributed by atoms with E-state index < -0.39 is 0 Å². The van der Waals surface area contributed by atoms with Crippen LogP contribution in [0.4, 0.5) is 0 Å². The molecule has 0 saturated carbocycles. The van der Waals surface area contributed by atoms with Gasteiger partial charge in [0.15, 0.2) is 17.2 Å². The van der Waals surface area contributed by atoms with Gasteiger partial charge in [0.05, 0.1) is 6.04 Å². The maximum absolute atomic E-state index is 13.4. The number of carbonyl (C=O) groups excluding carboxylic acids is 1. The standard InChI is InChI=1S/C22H23N3O3/c1-15-11-19(23-24(15)3)22(26)25(16(2)18-7-5-4-6-8-18)13-17-9-10-20-21(12-17)28-14-27-20/h4-12,16H,13-14H2,1-3H3/t16-/m0/s1. The van der Waals surface area contributed by atoms with Crippen LogP contribution in [-0.4, -0.2) is 27.4 Å². The van der Waals surface area contributed by atoms with E-state index in [4.69, 9.17) is 9.47 Å². The van der Waals surface area contributed by atoms with Gasteiger partial charge in [0.2, 0.25) is 6.79 Å². The summed E-state index contributed by atoms with van der Waals surface area (Å²) in [5.41, 5.74) is 3.44. The first-order valence-electron chi connectivity index (χ1n) is 9.28. The molecule has 0 saturated heterocycles. The molecule has 1 amide bonds. The molecule has 0 spiro atoms. The fourth-order valence-electron chi connectivity index (χ4n) is 3.34. The summed E-state index contributed by atoms with van der Waals surface area (Å²) in [6.07, 6.45) is 0. The Balaban J connectivity index is 1.67. The minimum Gasteiger partial charge on any atom is -0.454 e. The zero-order valence-electron chi connectivity index (χ0n) is 16.3. The number of aromatic nitrogens is 2. The molecule has 2 heterocycles. The lowest BCUT2D eigenvalue weighted by atomic mass is 10.0. The SMILES string of the molecule is Cc1cc(C(=O)N(Cc2ccc3c(c2)OCO3)[C@@H](C)c2ccccc2)nn1C. The van der Waals surface area contributed by atoms with E-state index in [9.17, 15) is 4.79 Å². The summed E-state index contributed by atoms with van der Waals surface area (Å²) in [6, 6.07) is 17.5. The van der Waals surface area contributed by atoms with Crippen molar-refractivity contribution in [2.24, 2.45) is 7.05 Å². The molecule has 3 aromatic rings. The number of nitrogens with zero attached hydrogens (tertiary/aromatic N) is 3. The summed E-state index contributed by atoms with van der Waals surface area (Å²) in [7, 11) is 1.84. The van der Waals surface area contributed by atoms with E-state index in [1.165, 1.54) is 0 Å². The van der Waals surface area contributed by atoms with Gasteiger partial charge >= 0.3 is 0 Å². The summed E-state index contributed by atoms with van der Waals surface area (Å²) in [6.45, 7) is 4.65. The van der Waals surface area contributed by atoms with Gasteiger partial charge in [-0.1, -0.05) is 36.4 Å². The molecule has 1 aliphatic heterocycles. The third-order valence-electron chi connectivity index (χ3n) is 5.13. The summed E-state index contributed by atoms with van der Waals surface area (Å²) in [5.74, 6) is 1.35. The Labute approximate surface area is 164 Å². The number of hydrogen-bond donors (Lipinski definition) is 0. The number of hydrogen-bond acceptors (Lipinski definition) is 4. The largest absolute Gasteiger partial charge is 0.454 e. The summed E-state index contributed by atoms with van der Waals surface area (Å²) >= 11 is 0. The maximum Gasteiger partial charge on any atom is 0.275 e. The normalized spacial score (nSPS) is 13.4. The molecule has 0 N–H and O–H groups in total. The van der Waals surface area contributed by atoms with Crippen LogP contribution in [0.3, 0.4) is 0 Å². The fraction of sp³-hybridized carbons (Fsp3) is 0.273. The average Bonchev–Trinajstić information content (AvgIpc) is 3.31. The van der Waals surface area contributed by atoms with Crippen LogP contribution in [0.1, 0.15) is 40.3 Å². The Morgan fingerprint density at radius 3 is 2.61 bits per heavy atom. The highest BCUT2D eigenvalue weighted by molar-refractivity contribution is 5.92. The van der Waals surface area contributed by atoms with Gasteiger partial charge in [-0.2, -0.15) is 5.10 Å². The van der Waals surface area contributed by atoms with E-state index in [0.29, 0.717) is 18.0 Å². The van der Waals surface area contributed by atoms with Crippen molar-refractivity contribution >= 4 is 5.91 Å². The molecule has 4 rings (SSSR count). The van der Waals surface area contributed by atoms with E-state index in [1.807, 2.05) is 80.4 Å². The number of rotatable bonds is 5. The van der Waals surface area contributed by atoms with E-state index in [1.54, 1.807) is 4.68 Å². The van der Waals surface area contributed by atoms with Gasteiger partial charge < -0.3 is 14.4 Å². The van der Waals surface area contributed by atoms with Crippen molar-refractivity contribution in [3.05, 3.63) is 77.1 Å². The lowest BCUT2D eigenvalue weighted by Crippen LogP contribution is -2.33. The Bertz CT molecular complexity index is 978. The van der Waals surface area contributed by atoms with Crippen LogP contribution < -0.4 is 9.47 Å². The third kappa shape index (κ3) is 3.45. The predicted octanol–water partition coefficient (Wildman–Crippen LogP) is 3.86. The Kier molecular flexibility index (Phi) is 4.77. The third-order valence-corrected chi connectivity index (χ3v) is 5.13. The highest BCUT2D eigenvalue weighted by Crippen LogP contribution is 2.34. The van der Waals surface area contributed by atoms with Crippen LogP contribution in [-0.2, 0) is 13.6 Å². The number of amides is 1. The maximum atomic E-state index is 13.4. The highest BCUT2D eigenvalue weighted by atomic mass is 16.7. The van der Waals surface area contributed by atoms with E-state index >= 15 is 0 Å². The highest BCUT2D eigenvalue weighted by Gasteiger charge is 2.26.